The van der Waals surface area contributed by atoms with Crippen LogP contribution in [0.15, 0.2) is 42.5 Å². The molecule has 0 fully saturated rings. The van der Waals surface area contributed by atoms with Crippen molar-refractivity contribution < 1.29 is 9.90 Å². The average molecular weight is 326 g/mol. The van der Waals surface area contributed by atoms with E-state index in [1.54, 1.807) is 0 Å². The third-order valence-electron chi connectivity index (χ3n) is 4.08. The summed E-state index contributed by atoms with van der Waals surface area (Å²) in [5, 5.41) is 15.7. The summed E-state index contributed by atoms with van der Waals surface area (Å²) < 4.78 is 0. The molecule has 0 bridgehead atoms. The lowest BCUT2D eigenvalue weighted by Gasteiger charge is -2.16. The zero-order valence-corrected chi connectivity index (χ0v) is 14.6. The Morgan fingerprint density at radius 2 is 1.83 bits per heavy atom. The number of carbonyl (C=O) groups is 1. The van der Waals surface area contributed by atoms with Crippen LogP contribution >= 0.6 is 0 Å². The lowest BCUT2D eigenvalue weighted by atomic mass is 10.1. The second kappa shape index (κ2) is 8.62. The zero-order chi connectivity index (χ0) is 17.5. The fourth-order valence-electron chi connectivity index (χ4n) is 2.67. The minimum Gasteiger partial charge on any atom is -0.392 e. The Morgan fingerprint density at radius 1 is 1.12 bits per heavy atom. The molecule has 4 nitrogen and oxygen atoms in total. The molecule has 4 heteroatoms. The van der Waals surface area contributed by atoms with Crippen molar-refractivity contribution in [2.75, 3.05) is 5.32 Å². The van der Waals surface area contributed by atoms with Gasteiger partial charge in [0, 0.05) is 24.7 Å². The lowest BCUT2D eigenvalue weighted by molar-refractivity contribution is -0.116. The minimum atomic E-state index is -0.00241. The molecule has 0 saturated heterocycles. The number of hydrogen-bond donors (Lipinski definition) is 3. The molecule has 2 aromatic rings. The first-order valence-electron chi connectivity index (χ1n) is 8.27. The van der Waals surface area contributed by atoms with Crippen LogP contribution in [0.1, 0.15) is 35.6 Å². The van der Waals surface area contributed by atoms with E-state index >= 15 is 0 Å². The van der Waals surface area contributed by atoms with E-state index in [4.69, 9.17) is 0 Å². The molecule has 1 amide bonds. The number of aliphatic hydroxyl groups excluding tert-OH is 1. The van der Waals surface area contributed by atoms with E-state index in [9.17, 15) is 9.90 Å². The molecular weight excluding hydrogens is 300 g/mol. The van der Waals surface area contributed by atoms with Crippen LogP contribution in [0, 0.1) is 13.8 Å². The maximum atomic E-state index is 12.2. The third kappa shape index (κ3) is 5.18. The van der Waals surface area contributed by atoms with Crippen molar-refractivity contribution in [3.63, 3.8) is 0 Å². The molecule has 128 valence electrons. The summed E-state index contributed by atoms with van der Waals surface area (Å²) in [7, 11) is 0. The summed E-state index contributed by atoms with van der Waals surface area (Å²) in [6, 6.07) is 13.8. The molecule has 0 spiro atoms. The molecular formula is C20H26N2O2. The second-order valence-electron chi connectivity index (χ2n) is 6.28. The second-order valence-corrected chi connectivity index (χ2v) is 6.28. The monoisotopic (exact) mass is 326 g/mol. The number of hydrogen-bond acceptors (Lipinski definition) is 3. The largest absolute Gasteiger partial charge is 0.392 e. The van der Waals surface area contributed by atoms with Gasteiger partial charge >= 0.3 is 0 Å². The highest BCUT2D eigenvalue weighted by Gasteiger charge is 2.11. The fraction of sp³-hybridized carbons (Fsp3) is 0.350. The van der Waals surface area contributed by atoms with Crippen LogP contribution in [0.3, 0.4) is 0 Å². The SMILES string of the molecule is Cc1ccc(NC(=O)CC(C)NCc2ccccc2CO)c(C)c1. The first-order valence-corrected chi connectivity index (χ1v) is 8.27. The Labute approximate surface area is 143 Å². The molecule has 3 N–H and O–H groups in total. The molecule has 0 aliphatic carbocycles. The standard InChI is InChI=1S/C20H26N2O2/c1-14-8-9-19(15(2)10-14)22-20(24)11-16(3)21-12-17-6-4-5-7-18(17)13-23/h4-10,16,21,23H,11-13H2,1-3H3,(H,22,24). The van der Waals surface area contributed by atoms with Crippen molar-refractivity contribution in [1.29, 1.82) is 0 Å². The molecule has 0 aromatic heterocycles. The van der Waals surface area contributed by atoms with E-state index in [0.29, 0.717) is 13.0 Å². The molecule has 2 aromatic carbocycles. The highest BCUT2D eigenvalue weighted by molar-refractivity contribution is 5.91. The van der Waals surface area contributed by atoms with E-state index < -0.39 is 0 Å². The summed E-state index contributed by atoms with van der Waals surface area (Å²) >= 11 is 0. The van der Waals surface area contributed by atoms with Crippen molar-refractivity contribution in [3.8, 4) is 0 Å². The quantitative estimate of drug-likeness (QED) is 0.731. The van der Waals surface area contributed by atoms with Gasteiger partial charge in [0.1, 0.15) is 0 Å². The number of aliphatic hydroxyl groups is 1. The Balaban J connectivity index is 1.85. The van der Waals surface area contributed by atoms with Gasteiger partial charge < -0.3 is 15.7 Å². The van der Waals surface area contributed by atoms with Gasteiger partial charge in [-0.3, -0.25) is 4.79 Å². The van der Waals surface area contributed by atoms with Crippen LogP contribution < -0.4 is 10.6 Å². The van der Waals surface area contributed by atoms with Gasteiger partial charge in [-0.05, 0) is 43.5 Å². The molecule has 0 saturated carbocycles. The normalized spacial score (nSPS) is 12.0. The van der Waals surface area contributed by atoms with Gasteiger partial charge in [0.25, 0.3) is 0 Å². The predicted octanol–water partition coefficient (Wildman–Crippen LogP) is 3.30. The first kappa shape index (κ1) is 18.2. The zero-order valence-electron chi connectivity index (χ0n) is 14.6. The summed E-state index contributed by atoms with van der Waals surface area (Å²) in [6.45, 7) is 6.68. The first-order chi connectivity index (χ1) is 11.5. The van der Waals surface area contributed by atoms with Gasteiger partial charge in [0.2, 0.25) is 5.91 Å². The van der Waals surface area contributed by atoms with Crippen molar-refractivity contribution in [3.05, 3.63) is 64.7 Å². The van der Waals surface area contributed by atoms with Crippen molar-refractivity contribution in [1.82, 2.24) is 5.32 Å². The van der Waals surface area contributed by atoms with E-state index in [1.165, 1.54) is 5.56 Å². The molecule has 1 atom stereocenters. The van der Waals surface area contributed by atoms with Crippen LogP contribution in [0.25, 0.3) is 0 Å². The number of carbonyl (C=O) groups excluding carboxylic acids is 1. The van der Waals surface area contributed by atoms with E-state index in [-0.39, 0.29) is 18.6 Å². The van der Waals surface area contributed by atoms with Crippen LogP contribution in [0.4, 0.5) is 5.69 Å². The highest BCUT2D eigenvalue weighted by atomic mass is 16.3. The number of anilines is 1. The summed E-state index contributed by atoms with van der Waals surface area (Å²) in [5.41, 5.74) is 5.09. The smallest absolute Gasteiger partial charge is 0.225 e. The Bertz CT molecular complexity index is 698. The lowest BCUT2D eigenvalue weighted by Crippen LogP contribution is -2.30. The predicted molar refractivity (Wildman–Crippen MR) is 97.8 cm³/mol. The van der Waals surface area contributed by atoms with Gasteiger partial charge in [-0.25, -0.2) is 0 Å². The maximum Gasteiger partial charge on any atom is 0.225 e. The van der Waals surface area contributed by atoms with Gasteiger partial charge in [-0.15, -0.1) is 0 Å². The summed E-state index contributed by atoms with van der Waals surface area (Å²) in [4.78, 5) is 12.2. The Morgan fingerprint density at radius 3 is 2.50 bits per heavy atom. The van der Waals surface area contributed by atoms with Crippen molar-refractivity contribution in [2.45, 2.75) is 46.4 Å². The molecule has 0 aliphatic rings. The van der Waals surface area contributed by atoms with Crippen molar-refractivity contribution >= 4 is 11.6 Å². The third-order valence-corrected chi connectivity index (χ3v) is 4.08. The van der Waals surface area contributed by atoms with Gasteiger partial charge in [-0.1, -0.05) is 42.0 Å². The number of aryl methyl sites for hydroxylation is 2. The van der Waals surface area contributed by atoms with Gasteiger partial charge in [0.05, 0.1) is 6.61 Å². The molecule has 0 aliphatic heterocycles. The van der Waals surface area contributed by atoms with Gasteiger partial charge in [-0.2, -0.15) is 0 Å². The molecule has 0 radical (unpaired) electrons. The molecule has 1 unspecified atom stereocenters. The molecule has 2 rings (SSSR count). The van der Waals surface area contributed by atoms with Crippen molar-refractivity contribution in [2.24, 2.45) is 0 Å². The van der Waals surface area contributed by atoms with Crippen LogP contribution in [-0.2, 0) is 17.9 Å². The topological polar surface area (TPSA) is 61.4 Å². The van der Waals surface area contributed by atoms with Crippen LogP contribution in [0.2, 0.25) is 0 Å². The van der Waals surface area contributed by atoms with Gasteiger partial charge in [0.15, 0.2) is 0 Å². The van der Waals surface area contributed by atoms with E-state index in [0.717, 1.165) is 22.4 Å². The maximum absolute atomic E-state index is 12.2. The molecule has 24 heavy (non-hydrogen) atoms. The minimum absolute atomic E-state index is 0.00241. The molecule has 0 heterocycles. The number of nitrogens with one attached hydrogen (secondary N) is 2. The number of amides is 1. The summed E-state index contributed by atoms with van der Waals surface area (Å²) in [6.07, 6.45) is 0.397. The van der Waals surface area contributed by atoms with Crippen LogP contribution in [-0.4, -0.2) is 17.1 Å². The van der Waals surface area contributed by atoms with E-state index in [1.807, 2.05) is 57.2 Å². The number of benzene rings is 2. The number of rotatable bonds is 7. The Hall–Kier alpha value is -2.17. The van der Waals surface area contributed by atoms with E-state index in [2.05, 4.69) is 16.7 Å². The average Bonchev–Trinajstić information content (AvgIpc) is 2.55. The fourth-order valence-corrected chi connectivity index (χ4v) is 2.67. The van der Waals surface area contributed by atoms with Crippen LogP contribution in [0.5, 0.6) is 0 Å². The highest BCUT2D eigenvalue weighted by Crippen LogP contribution is 2.16. The summed E-state index contributed by atoms with van der Waals surface area (Å²) in [5.74, 6) is -0.00241. The Kier molecular flexibility index (Phi) is 6.53.